The van der Waals surface area contributed by atoms with Crippen molar-refractivity contribution < 1.29 is 18.0 Å². The number of fused-ring (bicyclic) bond motifs is 1. The molecule has 0 aliphatic heterocycles. The third kappa shape index (κ3) is 5.52. The summed E-state index contributed by atoms with van der Waals surface area (Å²) in [6.45, 7) is 1.94. The van der Waals surface area contributed by atoms with Crippen LogP contribution < -0.4 is 4.74 Å². The van der Waals surface area contributed by atoms with Gasteiger partial charge in [-0.1, -0.05) is 11.2 Å². The number of ether oxygens (including phenoxy) is 1. The van der Waals surface area contributed by atoms with Gasteiger partial charge in [-0.2, -0.15) is 10.2 Å². The Bertz CT molecular complexity index is 1600. The van der Waals surface area contributed by atoms with Crippen LogP contribution in [0.5, 0.6) is 5.75 Å². The average Bonchev–Trinajstić information content (AvgIpc) is 3.72. The zero-order valence-corrected chi connectivity index (χ0v) is 20.7. The van der Waals surface area contributed by atoms with Gasteiger partial charge in [0.1, 0.15) is 28.6 Å². The lowest BCUT2D eigenvalue weighted by molar-refractivity contribution is 0.217. The standard InChI is InChI=1S/C15H14ClN3O2.C11H6F2N4/c1-10(15-17-6-7-18-15)20-12-4-2-11(3-5-12)14-8-13(9-16)21-19-14;12-7-3-1-2-6(10(7)13)11-16-8-4-14-15-5-9(8)17-11/h2-8,10H,9H2,1H3,(H,17,18);1-5H,(H,16,17). The van der Waals surface area contributed by atoms with Gasteiger partial charge < -0.3 is 19.2 Å². The van der Waals surface area contributed by atoms with Crippen LogP contribution in [0.1, 0.15) is 24.6 Å². The quantitative estimate of drug-likeness (QED) is 0.242. The summed E-state index contributed by atoms with van der Waals surface area (Å²) in [6.07, 6.45) is 6.27. The Kier molecular flexibility index (Phi) is 7.36. The van der Waals surface area contributed by atoms with E-state index in [1.807, 2.05) is 37.3 Å². The van der Waals surface area contributed by atoms with Crippen LogP contribution in [0.4, 0.5) is 8.78 Å². The predicted molar refractivity (Wildman–Crippen MR) is 136 cm³/mol. The highest BCUT2D eigenvalue weighted by molar-refractivity contribution is 6.16. The molecule has 38 heavy (non-hydrogen) atoms. The first-order chi connectivity index (χ1) is 18.5. The second-order valence-electron chi connectivity index (χ2n) is 8.05. The fourth-order valence-electron chi connectivity index (χ4n) is 3.57. The third-order valence-corrected chi connectivity index (χ3v) is 5.72. The van der Waals surface area contributed by atoms with Crippen LogP contribution in [-0.2, 0) is 5.88 Å². The van der Waals surface area contributed by atoms with Crippen LogP contribution in [0.2, 0.25) is 0 Å². The van der Waals surface area contributed by atoms with Gasteiger partial charge in [-0.15, -0.1) is 11.6 Å². The van der Waals surface area contributed by atoms with Gasteiger partial charge in [0.25, 0.3) is 0 Å². The Labute approximate surface area is 219 Å². The molecule has 1 unspecified atom stereocenters. The summed E-state index contributed by atoms with van der Waals surface area (Å²) in [5, 5.41) is 11.3. The Morgan fingerprint density at radius 2 is 1.89 bits per heavy atom. The molecule has 1 atom stereocenters. The minimum Gasteiger partial charge on any atom is -0.483 e. The molecule has 6 rings (SSSR count). The molecule has 6 aromatic rings. The number of rotatable bonds is 6. The number of alkyl halides is 1. The smallest absolute Gasteiger partial charge is 0.169 e. The summed E-state index contributed by atoms with van der Waals surface area (Å²) < 4.78 is 37.5. The molecule has 0 saturated carbocycles. The van der Waals surface area contributed by atoms with E-state index in [0.29, 0.717) is 22.7 Å². The van der Waals surface area contributed by atoms with Gasteiger partial charge in [0, 0.05) is 24.0 Å². The second kappa shape index (κ2) is 11.2. The molecule has 0 radical (unpaired) electrons. The Morgan fingerprint density at radius 3 is 2.61 bits per heavy atom. The lowest BCUT2D eigenvalue weighted by Crippen LogP contribution is -2.04. The summed E-state index contributed by atoms with van der Waals surface area (Å²) in [5.74, 6) is 0.956. The fourth-order valence-corrected chi connectivity index (χ4v) is 3.69. The summed E-state index contributed by atoms with van der Waals surface area (Å²) in [7, 11) is 0. The van der Waals surface area contributed by atoms with Crippen LogP contribution in [0, 0.1) is 11.6 Å². The molecule has 2 N–H and O–H groups in total. The third-order valence-electron chi connectivity index (χ3n) is 5.46. The lowest BCUT2D eigenvalue weighted by atomic mass is 10.1. The van der Waals surface area contributed by atoms with Crippen molar-refractivity contribution in [3.05, 3.63) is 96.5 Å². The molecule has 0 bridgehead atoms. The number of imidazole rings is 2. The van der Waals surface area contributed by atoms with E-state index in [4.69, 9.17) is 20.9 Å². The zero-order valence-electron chi connectivity index (χ0n) is 19.9. The van der Waals surface area contributed by atoms with Crippen molar-refractivity contribution in [2.75, 3.05) is 0 Å². The molecule has 0 aliphatic rings. The minimum absolute atomic E-state index is 0.0844. The Hall–Kier alpha value is -4.64. The first kappa shape index (κ1) is 25.0. The monoisotopic (exact) mass is 535 g/mol. The van der Waals surface area contributed by atoms with Crippen molar-refractivity contribution in [3.8, 4) is 28.4 Å². The van der Waals surface area contributed by atoms with E-state index in [9.17, 15) is 8.78 Å². The molecule has 0 aliphatic carbocycles. The van der Waals surface area contributed by atoms with Crippen LogP contribution in [-0.4, -0.2) is 35.3 Å². The maximum Gasteiger partial charge on any atom is 0.169 e. The molecule has 4 heterocycles. The number of benzene rings is 2. The SMILES string of the molecule is CC(Oc1ccc(-c2cc(CCl)on2)cc1)c1ncc[nH]1.Fc1cccc(-c2nc3cnncc3[nH]2)c1F. The largest absolute Gasteiger partial charge is 0.483 e. The number of H-pyrrole nitrogens is 2. The van der Waals surface area contributed by atoms with Crippen molar-refractivity contribution in [2.24, 2.45) is 0 Å². The van der Waals surface area contributed by atoms with E-state index in [1.165, 1.54) is 24.5 Å². The summed E-state index contributed by atoms with van der Waals surface area (Å²) in [4.78, 5) is 14.2. The van der Waals surface area contributed by atoms with Crippen LogP contribution in [0.15, 0.2) is 77.8 Å². The fraction of sp³-hybridized carbons (Fsp3) is 0.115. The molecule has 0 amide bonds. The van der Waals surface area contributed by atoms with E-state index in [1.54, 1.807) is 12.4 Å². The molecule has 192 valence electrons. The average molecular weight is 536 g/mol. The molecule has 0 spiro atoms. The molecule has 0 fully saturated rings. The summed E-state index contributed by atoms with van der Waals surface area (Å²) in [6, 6.07) is 13.4. The van der Waals surface area contributed by atoms with Gasteiger partial charge in [-0.25, -0.2) is 18.7 Å². The van der Waals surface area contributed by atoms with Crippen LogP contribution in [0.3, 0.4) is 0 Å². The highest BCUT2D eigenvalue weighted by Gasteiger charge is 2.13. The first-order valence-corrected chi connectivity index (χ1v) is 11.9. The van der Waals surface area contributed by atoms with Crippen molar-refractivity contribution in [1.82, 2.24) is 35.3 Å². The maximum absolute atomic E-state index is 13.5. The highest BCUT2D eigenvalue weighted by atomic mass is 35.5. The van der Waals surface area contributed by atoms with Gasteiger partial charge in [-0.3, -0.25) is 0 Å². The second-order valence-corrected chi connectivity index (χ2v) is 8.31. The highest BCUT2D eigenvalue weighted by Crippen LogP contribution is 2.26. The van der Waals surface area contributed by atoms with E-state index in [0.717, 1.165) is 28.9 Å². The maximum atomic E-state index is 13.5. The molecular formula is C26H20ClF2N7O2. The topological polar surface area (TPSA) is 118 Å². The van der Waals surface area contributed by atoms with E-state index in [2.05, 4.69) is 35.3 Å². The molecular weight excluding hydrogens is 516 g/mol. The number of hydrogen-bond acceptors (Lipinski definition) is 7. The molecule has 9 nitrogen and oxygen atoms in total. The number of aromatic nitrogens is 7. The first-order valence-electron chi connectivity index (χ1n) is 11.4. The van der Waals surface area contributed by atoms with E-state index < -0.39 is 11.6 Å². The summed E-state index contributed by atoms with van der Waals surface area (Å²) >= 11 is 5.70. The number of halogens is 3. The predicted octanol–water partition coefficient (Wildman–Crippen LogP) is 6.24. The van der Waals surface area contributed by atoms with Crippen molar-refractivity contribution >= 4 is 22.6 Å². The van der Waals surface area contributed by atoms with Crippen molar-refractivity contribution in [3.63, 3.8) is 0 Å². The van der Waals surface area contributed by atoms with E-state index in [-0.39, 0.29) is 17.5 Å². The minimum atomic E-state index is -0.924. The van der Waals surface area contributed by atoms with Gasteiger partial charge in [0.05, 0.1) is 29.4 Å². The van der Waals surface area contributed by atoms with Crippen LogP contribution in [0.25, 0.3) is 33.7 Å². The van der Waals surface area contributed by atoms with Crippen molar-refractivity contribution in [1.29, 1.82) is 0 Å². The molecule has 12 heteroatoms. The number of hydrogen-bond donors (Lipinski definition) is 2. The van der Waals surface area contributed by atoms with Gasteiger partial charge in [-0.05, 0) is 43.3 Å². The van der Waals surface area contributed by atoms with Gasteiger partial charge in [0.15, 0.2) is 23.5 Å². The normalized spacial score (nSPS) is 11.7. The van der Waals surface area contributed by atoms with Gasteiger partial charge >= 0.3 is 0 Å². The Morgan fingerprint density at radius 1 is 1.08 bits per heavy atom. The van der Waals surface area contributed by atoms with Crippen LogP contribution >= 0.6 is 11.6 Å². The molecule has 4 aromatic heterocycles. The number of aromatic amines is 2. The van der Waals surface area contributed by atoms with Crippen molar-refractivity contribution in [2.45, 2.75) is 18.9 Å². The van der Waals surface area contributed by atoms with Gasteiger partial charge in [0.2, 0.25) is 0 Å². The Balaban J connectivity index is 0.000000158. The molecule has 0 saturated heterocycles. The number of nitrogens with one attached hydrogen (secondary N) is 2. The van der Waals surface area contributed by atoms with E-state index >= 15 is 0 Å². The summed E-state index contributed by atoms with van der Waals surface area (Å²) in [5.41, 5.74) is 2.97. The molecule has 2 aromatic carbocycles. The zero-order chi connectivity index (χ0) is 26.5. The lowest BCUT2D eigenvalue weighted by Gasteiger charge is -2.12. The number of nitrogens with zero attached hydrogens (tertiary/aromatic N) is 5.